The SMILES string of the molecule is Nc1ncnc2c1nc(Br)n2CCCCBr. The number of alkyl halides is 1. The largest absolute Gasteiger partial charge is 0.382 e. The molecular weight excluding hydrogens is 338 g/mol. The van der Waals surface area contributed by atoms with Gasteiger partial charge in [-0.3, -0.25) is 0 Å². The molecule has 0 amide bonds. The Labute approximate surface area is 110 Å². The number of nitrogen functional groups attached to an aromatic ring is 1. The van der Waals surface area contributed by atoms with E-state index in [1.165, 1.54) is 6.33 Å². The summed E-state index contributed by atoms with van der Waals surface area (Å²) in [6.07, 6.45) is 3.65. The second-order valence-corrected chi connectivity index (χ2v) is 4.86. The van der Waals surface area contributed by atoms with Crippen LogP contribution in [0.15, 0.2) is 11.1 Å². The third-order valence-electron chi connectivity index (χ3n) is 2.28. The van der Waals surface area contributed by atoms with Crippen LogP contribution in [-0.2, 0) is 6.54 Å². The highest BCUT2D eigenvalue weighted by molar-refractivity contribution is 9.10. The fourth-order valence-electron chi connectivity index (χ4n) is 1.49. The summed E-state index contributed by atoms with van der Waals surface area (Å²) >= 11 is 6.82. The molecule has 2 heterocycles. The molecule has 0 aromatic carbocycles. The minimum atomic E-state index is 0.421. The highest BCUT2D eigenvalue weighted by atomic mass is 79.9. The number of nitrogens with zero attached hydrogens (tertiary/aromatic N) is 4. The van der Waals surface area contributed by atoms with Crippen LogP contribution >= 0.6 is 31.9 Å². The summed E-state index contributed by atoms with van der Waals surface area (Å²) in [5.41, 5.74) is 7.18. The van der Waals surface area contributed by atoms with Gasteiger partial charge >= 0.3 is 0 Å². The molecule has 2 N–H and O–H groups in total. The molecule has 86 valence electrons. The third-order valence-corrected chi connectivity index (χ3v) is 3.45. The highest BCUT2D eigenvalue weighted by Gasteiger charge is 2.11. The fourth-order valence-corrected chi connectivity index (χ4v) is 2.41. The molecule has 0 unspecified atom stereocenters. The molecule has 5 nitrogen and oxygen atoms in total. The van der Waals surface area contributed by atoms with Crippen LogP contribution in [0.2, 0.25) is 0 Å². The molecule has 16 heavy (non-hydrogen) atoms. The van der Waals surface area contributed by atoms with Gasteiger partial charge < -0.3 is 10.3 Å². The number of hydrogen-bond donors (Lipinski definition) is 1. The van der Waals surface area contributed by atoms with E-state index in [1.54, 1.807) is 0 Å². The van der Waals surface area contributed by atoms with Crippen LogP contribution in [-0.4, -0.2) is 24.8 Å². The van der Waals surface area contributed by atoms with Gasteiger partial charge in [0.25, 0.3) is 0 Å². The minimum absolute atomic E-state index is 0.421. The molecule has 0 spiro atoms. The monoisotopic (exact) mass is 347 g/mol. The van der Waals surface area contributed by atoms with Crippen LogP contribution < -0.4 is 5.73 Å². The average Bonchev–Trinajstić information content (AvgIpc) is 2.58. The van der Waals surface area contributed by atoms with Gasteiger partial charge in [-0.2, -0.15) is 0 Å². The van der Waals surface area contributed by atoms with E-state index in [0.717, 1.165) is 35.1 Å². The molecule has 2 aromatic rings. The van der Waals surface area contributed by atoms with E-state index in [2.05, 4.69) is 46.8 Å². The second-order valence-electron chi connectivity index (χ2n) is 3.36. The smallest absolute Gasteiger partial charge is 0.179 e. The van der Waals surface area contributed by atoms with E-state index in [4.69, 9.17) is 5.73 Å². The van der Waals surface area contributed by atoms with Crippen molar-refractivity contribution in [2.75, 3.05) is 11.1 Å². The van der Waals surface area contributed by atoms with Crippen LogP contribution in [0.4, 0.5) is 5.82 Å². The molecule has 0 radical (unpaired) electrons. The Bertz CT molecular complexity index is 496. The van der Waals surface area contributed by atoms with Crippen molar-refractivity contribution < 1.29 is 0 Å². The number of halogens is 2. The van der Waals surface area contributed by atoms with Crippen LogP contribution in [0.25, 0.3) is 11.2 Å². The van der Waals surface area contributed by atoms with Crippen LogP contribution in [0, 0.1) is 0 Å². The van der Waals surface area contributed by atoms with Gasteiger partial charge in [-0.15, -0.1) is 0 Å². The Morgan fingerprint density at radius 1 is 1.31 bits per heavy atom. The molecule has 0 aliphatic rings. The predicted octanol–water partition coefficient (Wildman–Crippen LogP) is 2.35. The van der Waals surface area contributed by atoms with Gasteiger partial charge in [-0.25, -0.2) is 15.0 Å². The van der Waals surface area contributed by atoms with Crippen molar-refractivity contribution >= 4 is 48.8 Å². The third kappa shape index (κ3) is 2.20. The molecule has 0 saturated carbocycles. The molecule has 7 heteroatoms. The molecule has 0 bridgehead atoms. The van der Waals surface area contributed by atoms with Crippen molar-refractivity contribution in [2.24, 2.45) is 0 Å². The van der Waals surface area contributed by atoms with Crippen molar-refractivity contribution in [3.63, 3.8) is 0 Å². The summed E-state index contributed by atoms with van der Waals surface area (Å²) in [5, 5.41) is 1.01. The number of aromatic nitrogens is 4. The van der Waals surface area contributed by atoms with Gasteiger partial charge in [-0.1, -0.05) is 15.9 Å². The standard InChI is InChI=1S/C9H11Br2N5/c10-3-1-2-4-16-8-6(15-9(16)11)7(12)13-5-14-8/h5H,1-4H2,(H2,12,13,14). The maximum atomic E-state index is 5.74. The Morgan fingerprint density at radius 3 is 2.88 bits per heavy atom. The van der Waals surface area contributed by atoms with Crippen molar-refractivity contribution in [1.82, 2.24) is 19.5 Å². The lowest BCUT2D eigenvalue weighted by Gasteiger charge is -2.03. The number of anilines is 1. The van der Waals surface area contributed by atoms with Crippen molar-refractivity contribution in [3.8, 4) is 0 Å². The molecule has 0 aliphatic heterocycles. The summed E-state index contributed by atoms with van der Waals surface area (Å²) in [7, 11) is 0. The zero-order chi connectivity index (χ0) is 11.5. The first-order valence-electron chi connectivity index (χ1n) is 4.92. The number of imidazole rings is 1. The Hall–Kier alpha value is -0.690. The number of nitrogens with two attached hydrogens (primary N) is 1. The Kier molecular flexibility index (Phi) is 3.75. The zero-order valence-corrected chi connectivity index (χ0v) is 11.7. The molecule has 0 aliphatic carbocycles. The van der Waals surface area contributed by atoms with E-state index in [1.807, 2.05) is 4.57 Å². The van der Waals surface area contributed by atoms with Crippen molar-refractivity contribution in [1.29, 1.82) is 0 Å². The molecule has 0 atom stereocenters. The first-order chi connectivity index (χ1) is 7.74. The highest BCUT2D eigenvalue weighted by Crippen LogP contribution is 2.21. The van der Waals surface area contributed by atoms with Gasteiger partial charge in [0.15, 0.2) is 21.7 Å². The van der Waals surface area contributed by atoms with Gasteiger partial charge in [0.05, 0.1) is 0 Å². The number of fused-ring (bicyclic) bond motifs is 1. The summed E-state index contributed by atoms with van der Waals surface area (Å²) in [5.74, 6) is 0.421. The van der Waals surface area contributed by atoms with Gasteiger partial charge in [-0.05, 0) is 28.8 Å². The number of rotatable bonds is 4. The van der Waals surface area contributed by atoms with Gasteiger partial charge in [0.2, 0.25) is 0 Å². The van der Waals surface area contributed by atoms with E-state index in [-0.39, 0.29) is 0 Å². The normalized spacial score (nSPS) is 11.1. The Balaban J connectivity index is 2.36. The Morgan fingerprint density at radius 2 is 2.12 bits per heavy atom. The average molecular weight is 349 g/mol. The van der Waals surface area contributed by atoms with Gasteiger partial charge in [0, 0.05) is 11.9 Å². The lowest BCUT2D eigenvalue weighted by molar-refractivity contribution is 0.635. The summed E-state index contributed by atoms with van der Waals surface area (Å²) in [6.45, 7) is 0.874. The van der Waals surface area contributed by atoms with Crippen LogP contribution in [0.1, 0.15) is 12.8 Å². The predicted molar refractivity (Wildman–Crippen MR) is 70.5 cm³/mol. The van der Waals surface area contributed by atoms with Crippen LogP contribution in [0.5, 0.6) is 0 Å². The number of aryl methyl sites for hydroxylation is 1. The molecule has 0 saturated heterocycles. The number of unbranched alkanes of at least 4 members (excludes halogenated alkanes) is 1. The van der Waals surface area contributed by atoms with Crippen molar-refractivity contribution in [3.05, 3.63) is 11.1 Å². The lowest BCUT2D eigenvalue weighted by atomic mass is 10.3. The molecule has 2 aromatic heterocycles. The van der Waals surface area contributed by atoms with Crippen molar-refractivity contribution in [2.45, 2.75) is 19.4 Å². The first-order valence-corrected chi connectivity index (χ1v) is 6.83. The van der Waals surface area contributed by atoms with E-state index >= 15 is 0 Å². The maximum Gasteiger partial charge on any atom is 0.179 e. The molecule has 0 fully saturated rings. The first kappa shape index (κ1) is 11.8. The molecule has 2 rings (SSSR count). The van der Waals surface area contributed by atoms with Crippen LogP contribution in [0.3, 0.4) is 0 Å². The number of hydrogen-bond acceptors (Lipinski definition) is 4. The summed E-state index contributed by atoms with van der Waals surface area (Å²) in [4.78, 5) is 12.4. The lowest BCUT2D eigenvalue weighted by Crippen LogP contribution is -2.01. The zero-order valence-electron chi connectivity index (χ0n) is 8.53. The molecular formula is C9H11Br2N5. The second kappa shape index (κ2) is 5.09. The van der Waals surface area contributed by atoms with E-state index in [9.17, 15) is 0 Å². The summed E-state index contributed by atoms with van der Waals surface area (Å²) in [6, 6.07) is 0. The topological polar surface area (TPSA) is 69.6 Å². The minimum Gasteiger partial charge on any atom is -0.382 e. The van der Waals surface area contributed by atoms with E-state index in [0.29, 0.717) is 11.3 Å². The summed E-state index contributed by atoms with van der Waals surface area (Å²) < 4.78 is 2.76. The maximum absolute atomic E-state index is 5.74. The fraction of sp³-hybridized carbons (Fsp3) is 0.444. The van der Waals surface area contributed by atoms with Gasteiger partial charge in [0.1, 0.15) is 6.33 Å². The quantitative estimate of drug-likeness (QED) is 0.523. The van der Waals surface area contributed by atoms with E-state index < -0.39 is 0 Å².